The molecule has 0 spiro atoms. The molecule has 0 radical (unpaired) electrons. The predicted octanol–water partition coefficient (Wildman–Crippen LogP) is 4.28. The number of thioether (sulfide) groups is 1. The van der Waals surface area contributed by atoms with Crippen LogP contribution in [0, 0.1) is 26.6 Å². The fraction of sp³-hybridized carbons (Fsp3) is 0.250. The Hall–Kier alpha value is -2.67. The summed E-state index contributed by atoms with van der Waals surface area (Å²) >= 11 is 1.31. The summed E-state index contributed by atoms with van der Waals surface area (Å²) in [6.45, 7) is 6.01. The third-order valence-corrected chi connectivity index (χ3v) is 5.23. The number of hydrogen-bond acceptors (Lipinski definition) is 4. The van der Waals surface area contributed by atoms with Gasteiger partial charge in [0.05, 0.1) is 5.75 Å². The van der Waals surface area contributed by atoms with E-state index in [1.54, 1.807) is 16.7 Å². The zero-order chi connectivity index (χ0) is 19.6. The van der Waals surface area contributed by atoms with E-state index in [0.717, 1.165) is 22.4 Å². The molecule has 2 aromatic carbocycles. The van der Waals surface area contributed by atoms with Crippen LogP contribution in [0.2, 0.25) is 0 Å². The average molecular weight is 384 g/mol. The highest BCUT2D eigenvalue weighted by Crippen LogP contribution is 2.25. The van der Waals surface area contributed by atoms with Crippen LogP contribution in [0.15, 0.2) is 41.6 Å². The van der Waals surface area contributed by atoms with Gasteiger partial charge in [-0.15, -0.1) is 10.2 Å². The zero-order valence-corrected chi connectivity index (χ0v) is 16.5. The number of hydrogen-bond donors (Lipinski definition) is 1. The molecule has 1 N–H and O–H groups in total. The van der Waals surface area contributed by atoms with Gasteiger partial charge in [-0.2, -0.15) is 0 Å². The van der Waals surface area contributed by atoms with Crippen molar-refractivity contribution in [3.05, 3.63) is 58.9 Å². The van der Waals surface area contributed by atoms with Gasteiger partial charge in [0.25, 0.3) is 0 Å². The summed E-state index contributed by atoms with van der Waals surface area (Å²) in [6, 6.07) is 10.2. The molecule has 0 unspecified atom stereocenters. The van der Waals surface area contributed by atoms with Gasteiger partial charge >= 0.3 is 0 Å². The van der Waals surface area contributed by atoms with Gasteiger partial charge in [-0.25, -0.2) is 4.39 Å². The number of anilines is 1. The summed E-state index contributed by atoms with van der Waals surface area (Å²) in [5.74, 6) is 0.459. The smallest absolute Gasteiger partial charge is 0.234 e. The molecule has 1 heterocycles. The minimum absolute atomic E-state index is 0.0959. The maximum Gasteiger partial charge on any atom is 0.234 e. The van der Waals surface area contributed by atoms with Gasteiger partial charge in [0.1, 0.15) is 5.82 Å². The molecular weight excluding hydrogens is 363 g/mol. The summed E-state index contributed by atoms with van der Waals surface area (Å²) in [5.41, 5.74) is 4.89. The molecule has 0 saturated carbocycles. The standard InChI is InChI=1S/C20H21FN4OS/c1-12-9-13(2)18(14(3)10-12)22-17(26)11-27-20-24-23-19(25(20)4)15-5-7-16(21)8-6-15/h5-10H,11H2,1-4H3,(H,22,26). The predicted molar refractivity (Wildman–Crippen MR) is 106 cm³/mol. The molecule has 3 rings (SSSR count). The highest BCUT2D eigenvalue weighted by atomic mass is 32.2. The maximum atomic E-state index is 13.1. The molecule has 140 valence electrons. The van der Waals surface area contributed by atoms with Gasteiger partial charge in [0, 0.05) is 18.3 Å². The van der Waals surface area contributed by atoms with Crippen molar-refractivity contribution < 1.29 is 9.18 Å². The molecule has 0 fully saturated rings. The topological polar surface area (TPSA) is 59.8 Å². The minimum Gasteiger partial charge on any atom is -0.325 e. The van der Waals surface area contributed by atoms with Gasteiger partial charge in [0.15, 0.2) is 11.0 Å². The van der Waals surface area contributed by atoms with E-state index in [2.05, 4.69) is 15.5 Å². The van der Waals surface area contributed by atoms with E-state index in [9.17, 15) is 9.18 Å². The molecule has 0 atom stereocenters. The summed E-state index contributed by atoms with van der Waals surface area (Å²) in [4.78, 5) is 12.4. The molecule has 0 aliphatic rings. The first-order valence-electron chi connectivity index (χ1n) is 8.51. The van der Waals surface area contributed by atoms with Crippen molar-refractivity contribution in [2.45, 2.75) is 25.9 Å². The molecule has 1 aromatic heterocycles. The third kappa shape index (κ3) is 4.36. The Morgan fingerprint density at radius 3 is 2.37 bits per heavy atom. The second-order valence-electron chi connectivity index (χ2n) is 6.48. The molecule has 0 bridgehead atoms. The van der Waals surface area contributed by atoms with Crippen molar-refractivity contribution >= 4 is 23.4 Å². The summed E-state index contributed by atoms with van der Waals surface area (Å²) in [6.07, 6.45) is 0. The quantitative estimate of drug-likeness (QED) is 0.667. The van der Waals surface area contributed by atoms with Crippen LogP contribution in [-0.4, -0.2) is 26.4 Å². The van der Waals surface area contributed by atoms with E-state index in [-0.39, 0.29) is 17.5 Å². The Balaban J connectivity index is 1.67. The lowest BCUT2D eigenvalue weighted by molar-refractivity contribution is -0.113. The van der Waals surface area contributed by atoms with E-state index in [1.807, 2.05) is 40.0 Å². The van der Waals surface area contributed by atoms with E-state index in [4.69, 9.17) is 0 Å². The Morgan fingerprint density at radius 2 is 1.74 bits per heavy atom. The van der Waals surface area contributed by atoms with Crippen molar-refractivity contribution in [2.75, 3.05) is 11.1 Å². The average Bonchev–Trinajstić information content (AvgIpc) is 2.98. The highest BCUT2D eigenvalue weighted by Gasteiger charge is 2.14. The largest absolute Gasteiger partial charge is 0.325 e. The number of halogens is 1. The van der Waals surface area contributed by atoms with Crippen LogP contribution in [0.25, 0.3) is 11.4 Å². The lowest BCUT2D eigenvalue weighted by Gasteiger charge is -2.12. The number of amides is 1. The normalized spacial score (nSPS) is 10.9. The van der Waals surface area contributed by atoms with Gasteiger partial charge < -0.3 is 9.88 Å². The number of aryl methyl sites for hydroxylation is 3. The zero-order valence-electron chi connectivity index (χ0n) is 15.7. The Kier molecular flexibility index (Phi) is 5.60. The molecule has 0 aliphatic carbocycles. The summed E-state index contributed by atoms with van der Waals surface area (Å²) in [7, 11) is 1.83. The summed E-state index contributed by atoms with van der Waals surface area (Å²) < 4.78 is 14.9. The number of carbonyl (C=O) groups excluding carboxylic acids is 1. The van der Waals surface area contributed by atoms with Crippen LogP contribution in [0.5, 0.6) is 0 Å². The van der Waals surface area contributed by atoms with Crippen LogP contribution in [0.3, 0.4) is 0 Å². The number of nitrogens with zero attached hydrogens (tertiary/aromatic N) is 3. The van der Waals surface area contributed by atoms with Crippen molar-refractivity contribution in [3.8, 4) is 11.4 Å². The van der Waals surface area contributed by atoms with E-state index in [1.165, 1.54) is 29.5 Å². The van der Waals surface area contributed by atoms with E-state index in [0.29, 0.717) is 11.0 Å². The summed E-state index contributed by atoms with van der Waals surface area (Å²) in [5, 5.41) is 11.9. The first-order chi connectivity index (χ1) is 12.8. The van der Waals surface area contributed by atoms with Crippen LogP contribution in [0.4, 0.5) is 10.1 Å². The van der Waals surface area contributed by atoms with E-state index >= 15 is 0 Å². The number of carbonyl (C=O) groups is 1. The second kappa shape index (κ2) is 7.92. The molecule has 0 saturated heterocycles. The van der Waals surface area contributed by atoms with Gasteiger partial charge in [-0.1, -0.05) is 29.5 Å². The maximum absolute atomic E-state index is 13.1. The van der Waals surface area contributed by atoms with Crippen molar-refractivity contribution in [3.63, 3.8) is 0 Å². The van der Waals surface area contributed by atoms with E-state index < -0.39 is 0 Å². The Morgan fingerprint density at radius 1 is 1.11 bits per heavy atom. The lowest BCUT2D eigenvalue weighted by atomic mass is 10.1. The molecule has 27 heavy (non-hydrogen) atoms. The monoisotopic (exact) mass is 384 g/mol. The van der Waals surface area contributed by atoms with Gasteiger partial charge in [0.2, 0.25) is 5.91 Å². The number of aromatic nitrogens is 3. The van der Waals surface area contributed by atoms with Crippen LogP contribution in [-0.2, 0) is 11.8 Å². The van der Waals surface area contributed by atoms with Gasteiger partial charge in [-0.05, 0) is 56.2 Å². The first kappa shape index (κ1) is 19.1. The first-order valence-corrected chi connectivity index (χ1v) is 9.49. The fourth-order valence-electron chi connectivity index (χ4n) is 2.97. The molecule has 1 amide bonds. The lowest BCUT2D eigenvalue weighted by Crippen LogP contribution is -2.16. The molecular formula is C20H21FN4OS. The Bertz CT molecular complexity index is 959. The van der Waals surface area contributed by atoms with Gasteiger partial charge in [-0.3, -0.25) is 4.79 Å². The molecule has 5 nitrogen and oxygen atoms in total. The third-order valence-electron chi connectivity index (χ3n) is 4.21. The number of nitrogens with one attached hydrogen (secondary N) is 1. The van der Waals surface area contributed by atoms with Crippen LogP contribution in [0.1, 0.15) is 16.7 Å². The highest BCUT2D eigenvalue weighted by molar-refractivity contribution is 7.99. The SMILES string of the molecule is Cc1cc(C)c(NC(=O)CSc2nnc(-c3ccc(F)cc3)n2C)c(C)c1. The van der Waals surface area contributed by atoms with Crippen molar-refractivity contribution in [1.82, 2.24) is 14.8 Å². The number of rotatable bonds is 5. The molecule has 3 aromatic rings. The Labute approximate surface area is 162 Å². The molecule has 7 heteroatoms. The van der Waals surface area contributed by atoms with Crippen LogP contribution < -0.4 is 5.32 Å². The van der Waals surface area contributed by atoms with Crippen molar-refractivity contribution in [1.29, 1.82) is 0 Å². The van der Waals surface area contributed by atoms with Crippen molar-refractivity contribution in [2.24, 2.45) is 7.05 Å². The fourth-order valence-corrected chi connectivity index (χ4v) is 3.68. The second-order valence-corrected chi connectivity index (χ2v) is 7.43. The molecule has 0 aliphatic heterocycles. The minimum atomic E-state index is -0.297. The number of benzene rings is 2. The van der Waals surface area contributed by atoms with Crippen LogP contribution >= 0.6 is 11.8 Å².